The van der Waals surface area contributed by atoms with Crippen LogP contribution in [0.4, 0.5) is 0 Å². The molecule has 0 radical (unpaired) electrons. The Balaban J connectivity index is 2.50. The van der Waals surface area contributed by atoms with Gasteiger partial charge in [0.25, 0.3) is 0 Å². The Morgan fingerprint density at radius 1 is 1.22 bits per heavy atom. The highest BCUT2D eigenvalue weighted by molar-refractivity contribution is 5.72. The van der Waals surface area contributed by atoms with E-state index in [1.807, 2.05) is 6.92 Å². The summed E-state index contributed by atoms with van der Waals surface area (Å²) in [6, 6.07) is 0.276. The van der Waals surface area contributed by atoms with E-state index in [0.717, 1.165) is 19.0 Å². The Kier molecular flexibility index (Phi) is 5.20. The number of ether oxygens (including phenoxy) is 1. The number of hydrogen-bond donors (Lipinski definition) is 0. The van der Waals surface area contributed by atoms with Gasteiger partial charge in [0.05, 0.1) is 13.0 Å². The largest absolute Gasteiger partial charge is 0.469 e. The SMILES string of the molecule is COC(=O)C(C)C(C)N1CCC(C(C)(C)C)CC1. The molecule has 0 saturated carbocycles. The monoisotopic (exact) mass is 255 g/mol. The molecule has 1 aliphatic heterocycles. The second-order valence-electron chi connectivity index (χ2n) is 6.73. The summed E-state index contributed by atoms with van der Waals surface area (Å²) >= 11 is 0. The molecule has 0 spiro atoms. The van der Waals surface area contributed by atoms with E-state index in [1.165, 1.54) is 20.0 Å². The molecule has 1 saturated heterocycles. The Morgan fingerprint density at radius 2 is 1.72 bits per heavy atom. The van der Waals surface area contributed by atoms with Crippen molar-refractivity contribution in [1.82, 2.24) is 4.90 Å². The molecule has 3 heteroatoms. The fourth-order valence-corrected chi connectivity index (χ4v) is 2.87. The molecule has 1 aliphatic rings. The van der Waals surface area contributed by atoms with Crippen molar-refractivity contribution in [3.8, 4) is 0 Å². The van der Waals surface area contributed by atoms with E-state index < -0.39 is 0 Å². The second kappa shape index (κ2) is 6.05. The molecular weight excluding hydrogens is 226 g/mol. The van der Waals surface area contributed by atoms with Crippen molar-refractivity contribution in [2.45, 2.75) is 53.5 Å². The molecule has 0 aromatic carbocycles. The van der Waals surface area contributed by atoms with Crippen molar-refractivity contribution in [1.29, 1.82) is 0 Å². The third-order valence-corrected chi connectivity index (χ3v) is 4.63. The zero-order valence-electron chi connectivity index (χ0n) is 12.8. The predicted molar refractivity (Wildman–Crippen MR) is 74.4 cm³/mol. The first-order valence-corrected chi connectivity index (χ1v) is 7.09. The van der Waals surface area contributed by atoms with Gasteiger partial charge in [-0.2, -0.15) is 0 Å². The zero-order valence-corrected chi connectivity index (χ0v) is 12.8. The van der Waals surface area contributed by atoms with Gasteiger partial charge in [-0.15, -0.1) is 0 Å². The van der Waals surface area contributed by atoms with Crippen molar-refractivity contribution in [2.24, 2.45) is 17.3 Å². The van der Waals surface area contributed by atoms with Crippen LogP contribution in [0, 0.1) is 17.3 Å². The average molecular weight is 255 g/mol. The molecule has 0 bridgehead atoms. The molecule has 0 aliphatic carbocycles. The van der Waals surface area contributed by atoms with Crippen LogP contribution in [0.2, 0.25) is 0 Å². The third kappa shape index (κ3) is 3.71. The van der Waals surface area contributed by atoms with Crippen molar-refractivity contribution < 1.29 is 9.53 Å². The van der Waals surface area contributed by atoms with Gasteiger partial charge in [-0.3, -0.25) is 9.69 Å². The fourth-order valence-electron chi connectivity index (χ4n) is 2.87. The minimum absolute atomic E-state index is 0.0406. The van der Waals surface area contributed by atoms with Gasteiger partial charge in [0.1, 0.15) is 0 Å². The molecule has 2 atom stereocenters. The topological polar surface area (TPSA) is 29.5 Å². The van der Waals surface area contributed by atoms with Crippen LogP contribution in [-0.4, -0.2) is 37.1 Å². The number of carbonyl (C=O) groups is 1. The van der Waals surface area contributed by atoms with E-state index in [-0.39, 0.29) is 17.9 Å². The Bertz CT molecular complexity index is 275. The van der Waals surface area contributed by atoms with Crippen molar-refractivity contribution in [3.63, 3.8) is 0 Å². The minimum Gasteiger partial charge on any atom is -0.469 e. The first kappa shape index (κ1) is 15.5. The molecule has 3 nitrogen and oxygen atoms in total. The molecule has 0 amide bonds. The van der Waals surface area contributed by atoms with E-state index in [1.54, 1.807) is 0 Å². The molecule has 1 rings (SSSR count). The normalized spacial score (nSPS) is 22.6. The molecule has 18 heavy (non-hydrogen) atoms. The highest BCUT2D eigenvalue weighted by Crippen LogP contribution is 2.35. The number of likely N-dealkylation sites (tertiary alicyclic amines) is 1. The molecule has 0 aromatic heterocycles. The lowest BCUT2D eigenvalue weighted by Crippen LogP contribution is -2.46. The number of carbonyl (C=O) groups excluding carboxylic acids is 1. The summed E-state index contributed by atoms with van der Waals surface area (Å²) in [5, 5.41) is 0. The van der Waals surface area contributed by atoms with Crippen LogP contribution in [-0.2, 0) is 9.53 Å². The fraction of sp³-hybridized carbons (Fsp3) is 0.933. The van der Waals surface area contributed by atoms with Crippen LogP contribution in [0.15, 0.2) is 0 Å². The van der Waals surface area contributed by atoms with Crippen LogP contribution in [0.1, 0.15) is 47.5 Å². The minimum atomic E-state index is -0.0968. The van der Waals surface area contributed by atoms with Crippen LogP contribution in [0.5, 0.6) is 0 Å². The van der Waals surface area contributed by atoms with Crippen molar-refractivity contribution >= 4 is 5.97 Å². The highest BCUT2D eigenvalue weighted by atomic mass is 16.5. The summed E-state index contributed by atoms with van der Waals surface area (Å²) in [6.07, 6.45) is 2.48. The maximum atomic E-state index is 11.6. The van der Waals surface area contributed by atoms with Crippen LogP contribution in [0.3, 0.4) is 0 Å². The van der Waals surface area contributed by atoms with Gasteiger partial charge in [-0.05, 0) is 44.2 Å². The van der Waals surface area contributed by atoms with Gasteiger partial charge >= 0.3 is 5.97 Å². The maximum Gasteiger partial charge on any atom is 0.309 e. The average Bonchev–Trinajstić information content (AvgIpc) is 2.35. The van der Waals surface area contributed by atoms with Gasteiger partial charge in [0.2, 0.25) is 0 Å². The lowest BCUT2D eigenvalue weighted by atomic mass is 9.75. The number of nitrogens with zero attached hydrogens (tertiary/aromatic N) is 1. The second-order valence-corrected chi connectivity index (χ2v) is 6.73. The highest BCUT2D eigenvalue weighted by Gasteiger charge is 2.33. The number of esters is 1. The molecular formula is C15H29NO2. The van der Waals surface area contributed by atoms with E-state index in [2.05, 4.69) is 32.6 Å². The summed E-state index contributed by atoms with van der Waals surface area (Å²) in [6.45, 7) is 13.3. The van der Waals surface area contributed by atoms with Crippen LogP contribution < -0.4 is 0 Å². The summed E-state index contributed by atoms with van der Waals surface area (Å²) < 4.78 is 4.83. The lowest BCUT2D eigenvalue weighted by molar-refractivity contribution is -0.147. The summed E-state index contributed by atoms with van der Waals surface area (Å²) in [5.74, 6) is 0.663. The smallest absolute Gasteiger partial charge is 0.309 e. The molecule has 0 N–H and O–H groups in total. The molecule has 1 heterocycles. The standard InChI is InChI=1S/C15H29NO2/c1-11(14(17)18-6)12(2)16-9-7-13(8-10-16)15(3,4)5/h11-13H,7-10H2,1-6H3. The van der Waals surface area contributed by atoms with Crippen LogP contribution in [0.25, 0.3) is 0 Å². The van der Waals surface area contributed by atoms with Crippen LogP contribution >= 0.6 is 0 Å². The Hall–Kier alpha value is -0.570. The van der Waals surface area contributed by atoms with E-state index in [9.17, 15) is 4.79 Å². The summed E-state index contributed by atoms with van der Waals surface area (Å²) in [4.78, 5) is 14.0. The first-order valence-electron chi connectivity index (χ1n) is 7.09. The number of rotatable bonds is 3. The van der Waals surface area contributed by atoms with Crippen molar-refractivity contribution in [2.75, 3.05) is 20.2 Å². The number of piperidine rings is 1. The maximum absolute atomic E-state index is 11.6. The van der Waals surface area contributed by atoms with Gasteiger partial charge in [0.15, 0.2) is 0 Å². The van der Waals surface area contributed by atoms with Crippen molar-refractivity contribution in [3.05, 3.63) is 0 Å². The molecule has 106 valence electrons. The Labute approximate surface area is 112 Å². The van der Waals surface area contributed by atoms with Gasteiger partial charge in [0, 0.05) is 6.04 Å². The first-order chi connectivity index (χ1) is 8.27. The molecule has 2 unspecified atom stereocenters. The summed E-state index contributed by atoms with van der Waals surface area (Å²) in [7, 11) is 1.47. The Morgan fingerprint density at radius 3 is 2.11 bits per heavy atom. The molecule has 0 aromatic rings. The third-order valence-electron chi connectivity index (χ3n) is 4.63. The predicted octanol–water partition coefficient (Wildman–Crippen LogP) is 2.94. The van der Waals surface area contributed by atoms with Gasteiger partial charge in [-0.25, -0.2) is 0 Å². The van der Waals surface area contributed by atoms with Gasteiger partial charge < -0.3 is 4.74 Å². The number of hydrogen-bond acceptors (Lipinski definition) is 3. The molecule has 1 fully saturated rings. The van der Waals surface area contributed by atoms with Gasteiger partial charge in [-0.1, -0.05) is 27.7 Å². The van der Waals surface area contributed by atoms with E-state index in [4.69, 9.17) is 4.74 Å². The van der Waals surface area contributed by atoms with E-state index >= 15 is 0 Å². The lowest BCUT2D eigenvalue weighted by Gasteiger charge is -2.42. The zero-order chi connectivity index (χ0) is 13.9. The summed E-state index contributed by atoms with van der Waals surface area (Å²) in [5.41, 5.74) is 0.406. The number of methoxy groups -OCH3 is 1. The van der Waals surface area contributed by atoms with E-state index in [0.29, 0.717) is 5.41 Å². The quantitative estimate of drug-likeness (QED) is 0.726.